The Bertz CT molecular complexity index is 486. The Morgan fingerprint density at radius 1 is 1.55 bits per heavy atom. The maximum atomic E-state index is 10.9. The van der Waals surface area contributed by atoms with Crippen LogP contribution in [0.2, 0.25) is 0 Å². The highest BCUT2D eigenvalue weighted by molar-refractivity contribution is 8.39. The molecule has 3 rings (SSSR count). The van der Waals surface area contributed by atoms with Crippen molar-refractivity contribution in [1.29, 1.82) is 0 Å². The Balaban J connectivity index is 1.61. The second-order valence-corrected chi connectivity index (χ2v) is 6.69. The fourth-order valence-corrected chi connectivity index (χ4v) is 3.15. The SMILES string of the molecule is NC1=NCNC2=C1NCN2[C@H]1CC[C@@H](CO[PH](=O)S)O1. The zero-order chi connectivity index (χ0) is 14.1. The molecule has 0 aromatic carbocycles. The van der Waals surface area contributed by atoms with Gasteiger partial charge in [0, 0.05) is 0 Å². The van der Waals surface area contributed by atoms with Gasteiger partial charge < -0.3 is 30.5 Å². The third kappa shape index (κ3) is 2.76. The normalized spacial score (nSPS) is 30.6. The van der Waals surface area contributed by atoms with E-state index in [0.717, 1.165) is 24.4 Å². The van der Waals surface area contributed by atoms with Crippen molar-refractivity contribution in [3.8, 4) is 0 Å². The summed E-state index contributed by atoms with van der Waals surface area (Å²) in [5.74, 6) is 1.46. The van der Waals surface area contributed by atoms with Gasteiger partial charge in [0.25, 0.3) is 0 Å². The van der Waals surface area contributed by atoms with E-state index in [2.05, 4.69) is 32.8 Å². The van der Waals surface area contributed by atoms with Crippen LogP contribution in [0.5, 0.6) is 0 Å². The van der Waals surface area contributed by atoms with Gasteiger partial charge in [0.15, 0.2) is 0 Å². The van der Waals surface area contributed by atoms with Gasteiger partial charge in [-0.25, -0.2) is 4.99 Å². The predicted octanol–water partition coefficient (Wildman–Crippen LogP) is -0.223. The molecule has 4 N–H and O–H groups in total. The molecular weight excluding hydrogens is 301 g/mol. The summed E-state index contributed by atoms with van der Waals surface area (Å²) in [6.45, 7) is 1.43. The van der Waals surface area contributed by atoms with E-state index in [1.54, 1.807) is 0 Å². The molecule has 0 aromatic heterocycles. The lowest BCUT2D eigenvalue weighted by Gasteiger charge is -2.28. The smallest absolute Gasteiger partial charge is 0.243 e. The van der Waals surface area contributed by atoms with E-state index in [1.807, 2.05) is 0 Å². The van der Waals surface area contributed by atoms with Gasteiger partial charge >= 0.3 is 0 Å². The summed E-state index contributed by atoms with van der Waals surface area (Å²) in [7, 11) is -2.20. The maximum absolute atomic E-state index is 10.9. The minimum absolute atomic E-state index is 0.0377. The first-order chi connectivity index (χ1) is 9.65. The van der Waals surface area contributed by atoms with Gasteiger partial charge in [-0.15, -0.1) is 0 Å². The third-order valence-electron chi connectivity index (χ3n) is 3.53. The quantitative estimate of drug-likeness (QED) is 0.420. The molecule has 0 spiro atoms. The Labute approximate surface area is 122 Å². The number of aliphatic imine (C=N–C) groups is 1. The van der Waals surface area contributed by atoms with Gasteiger partial charge in [0.1, 0.15) is 30.3 Å². The standard InChI is InChI=1S/C10H18N5O3PS/c11-9-8-10(13-4-12-9)15(5-14-8)7-2-1-6(18-7)3-17-19(16)20/h6-7,13-14,19H,1-5H2,(H2,11,12)(H,16,20)/t6-,7+/m0/s1. The average molecular weight is 319 g/mol. The number of thiol groups is 1. The van der Waals surface area contributed by atoms with Crippen LogP contribution >= 0.6 is 19.5 Å². The van der Waals surface area contributed by atoms with Crippen molar-refractivity contribution in [1.82, 2.24) is 15.5 Å². The van der Waals surface area contributed by atoms with Crippen LogP contribution in [-0.2, 0) is 13.8 Å². The molecule has 1 saturated heterocycles. The predicted molar refractivity (Wildman–Crippen MR) is 78.3 cm³/mol. The molecule has 0 saturated carbocycles. The van der Waals surface area contributed by atoms with E-state index >= 15 is 0 Å². The maximum Gasteiger partial charge on any atom is 0.243 e. The molecule has 8 nitrogen and oxygen atoms in total. The van der Waals surface area contributed by atoms with Gasteiger partial charge in [-0.05, 0) is 12.8 Å². The van der Waals surface area contributed by atoms with Crippen molar-refractivity contribution in [2.24, 2.45) is 10.7 Å². The van der Waals surface area contributed by atoms with Crippen LogP contribution in [0, 0.1) is 0 Å². The van der Waals surface area contributed by atoms with Gasteiger partial charge in [-0.1, -0.05) is 12.2 Å². The largest absolute Gasteiger partial charge is 0.382 e. The molecule has 1 unspecified atom stereocenters. The number of nitrogens with zero attached hydrogens (tertiary/aromatic N) is 2. The Hall–Kier alpha value is -0.890. The molecule has 3 heterocycles. The van der Waals surface area contributed by atoms with Gasteiger partial charge in [0.2, 0.25) is 7.23 Å². The Morgan fingerprint density at radius 2 is 2.40 bits per heavy atom. The van der Waals surface area contributed by atoms with Crippen LogP contribution in [0.3, 0.4) is 0 Å². The van der Waals surface area contributed by atoms with Crippen molar-refractivity contribution >= 4 is 25.3 Å². The van der Waals surface area contributed by atoms with E-state index in [4.69, 9.17) is 15.0 Å². The first-order valence-corrected chi connectivity index (χ1v) is 9.06. The van der Waals surface area contributed by atoms with Crippen LogP contribution in [0.4, 0.5) is 0 Å². The number of amidine groups is 1. The second-order valence-electron chi connectivity index (χ2n) is 4.77. The molecule has 3 aliphatic rings. The third-order valence-corrected chi connectivity index (χ3v) is 4.33. The van der Waals surface area contributed by atoms with Gasteiger partial charge in [0.05, 0.1) is 19.4 Å². The van der Waals surface area contributed by atoms with Crippen molar-refractivity contribution < 1.29 is 13.8 Å². The lowest BCUT2D eigenvalue weighted by atomic mass is 10.2. The highest BCUT2D eigenvalue weighted by atomic mass is 32.7. The van der Waals surface area contributed by atoms with Crippen molar-refractivity contribution in [2.75, 3.05) is 19.9 Å². The number of nitrogens with two attached hydrogens (primary N) is 1. The van der Waals surface area contributed by atoms with Crippen LogP contribution in [-0.4, -0.2) is 43.0 Å². The zero-order valence-electron chi connectivity index (χ0n) is 10.8. The highest BCUT2D eigenvalue weighted by Gasteiger charge is 2.36. The van der Waals surface area contributed by atoms with Gasteiger partial charge in [-0.2, -0.15) is 0 Å². The van der Waals surface area contributed by atoms with Crippen molar-refractivity contribution in [3.05, 3.63) is 11.5 Å². The van der Waals surface area contributed by atoms with E-state index in [1.165, 1.54) is 0 Å². The van der Waals surface area contributed by atoms with E-state index in [-0.39, 0.29) is 12.3 Å². The molecule has 10 heteroatoms. The number of rotatable bonds is 4. The minimum Gasteiger partial charge on any atom is -0.382 e. The summed E-state index contributed by atoms with van der Waals surface area (Å²) in [6, 6.07) is 0. The summed E-state index contributed by atoms with van der Waals surface area (Å²) in [6.07, 6.45) is 1.68. The van der Waals surface area contributed by atoms with Crippen molar-refractivity contribution in [2.45, 2.75) is 25.2 Å². The minimum atomic E-state index is -2.20. The Morgan fingerprint density at radius 3 is 3.20 bits per heavy atom. The van der Waals surface area contributed by atoms with Crippen LogP contribution < -0.4 is 16.4 Å². The molecule has 0 aliphatic carbocycles. The van der Waals surface area contributed by atoms with E-state index in [9.17, 15) is 4.57 Å². The molecule has 0 radical (unpaired) electrons. The monoisotopic (exact) mass is 319 g/mol. The first-order valence-electron chi connectivity index (χ1n) is 6.45. The number of nitrogens with one attached hydrogen (secondary N) is 2. The Kier molecular flexibility index (Phi) is 4.11. The van der Waals surface area contributed by atoms with Gasteiger partial charge in [-0.3, -0.25) is 4.57 Å². The zero-order valence-corrected chi connectivity index (χ0v) is 12.7. The second kappa shape index (κ2) is 5.85. The van der Waals surface area contributed by atoms with Crippen LogP contribution in [0.25, 0.3) is 0 Å². The molecule has 112 valence electrons. The average Bonchev–Trinajstić information content (AvgIpc) is 3.02. The summed E-state index contributed by atoms with van der Waals surface area (Å²) in [5.41, 5.74) is 6.68. The molecular formula is C10H18N5O3PS. The molecule has 20 heavy (non-hydrogen) atoms. The summed E-state index contributed by atoms with van der Waals surface area (Å²) in [4.78, 5) is 6.23. The molecule has 3 atom stereocenters. The number of ether oxygens (including phenoxy) is 1. The first kappa shape index (κ1) is 14.1. The topological polar surface area (TPSA) is 101 Å². The van der Waals surface area contributed by atoms with Crippen LogP contribution in [0.1, 0.15) is 12.8 Å². The fraction of sp³-hybridized carbons (Fsp3) is 0.700. The lowest BCUT2D eigenvalue weighted by molar-refractivity contribution is -0.0503. The number of hydrogen-bond acceptors (Lipinski definition) is 8. The summed E-state index contributed by atoms with van der Waals surface area (Å²) < 4.78 is 21.8. The van der Waals surface area contributed by atoms with Crippen LogP contribution in [0.15, 0.2) is 16.5 Å². The molecule has 0 bridgehead atoms. The summed E-state index contributed by atoms with van der Waals surface area (Å²) in [5, 5.41) is 6.43. The molecule has 3 aliphatic heterocycles. The summed E-state index contributed by atoms with van der Waals surface area (Å²) >= 11 is 3.76. The highest BCUT2D eigenvalue weighted by Crippen LogP contribution is 2.32. The number of hydrogen-bond donors (Lipinski definition) is 4. The molecule has 0 amide bonds. The lowest BCUT2D eigenvalue weighted by Crippen LogP contribution is -2.40. The molecule has 1 fully saturated rings. The van der Waals surface area contributed by atoms with E-state index < -0.39 is 7.23 Å². The fourth-order valence-electron chi connectivity index (χ4n) is 2.60. The molecule has 0 aromatic rings. The van der Waals surface area contributed by atoms with Crippen molar-refractivity contribution in [3.63, 3.8) is 0 Å². The van der Waals surface area contributed by atoms with E-state index in [0.29, 0.717) is 25.8 Å².